The molecule has 0 spiro atoms. The predicted molar refractivity (Wildman–Crippen MR) is 68.2 cm³/mol. The molecule has 1 amide bonds. The van der Waals surface area contributed by atoms with Gasteiger partial charge >= 0.3 is 0 Å². The summed E-state index contributed by atoms with van der Waals surface area (Å²) in [6.07, 6.45) is 1.28. The van der Waals surface area contributed by atoms with Gasteiger partial charge in [-0.25, -0.2) is 0 Å². The van der Waals surface area contributed by atoms with Crippen LogP contribution in [0.2, 0.25) is 0 Å². The maximum atomic E-state index is 11.6. The Morgan fingerprint density at radius 3 is 2.44 bits per heavy atom. The number of carbonyl (C=O) groups excluding carboxylic acids is 1. The van der Waals surface area contributed by atoms with Gasteiger partial charge in [-0.15, -0.1) is 0 Å². The van der Waals surface area contributed by atoms with Crippen molar-refractivity contribution < 1.29 is 4.79 Å². The maximum absolute atomic E-state index is 11.6. The van der Waals surface area contributed by atoms with Gasteiger partial charge in [0, 0.05) is 19.0 Å². The van der Waals surface area contributed by atoms with Crippen molar-refractivity contribution in [2.75, 3.05) is 27.2 Å². The van der Waals surface area contributed by atoms with Gasteiger partial charge in [-0.1, -0.05) is 13.8 Å². The van der Waals surface area contributed by atoms with E-state index in [2.05, 4.69) is 31.0 Å². The largest absolute Gasteiger partial charge is 0.353 e. The van der Waals surface area contributed by atoms with Gasteiger partial charge in [-0.2, -0.15) is 0 Å². The number of nitrogens with one attached hydrogen (secondary N) is 1. The fourth-order valence-electron chi connectivity index (χ4n) is 1.72. The smallest absolute Gasteiger partial charge is 0.220 e. The molecule has 0 aromatic heterocycles. The molecular weight excluding hydrogens is 202 g/mol. The summed E-state index contributed by atoms with van der Waals surface area (Å²) in [6.45, 7) is 7.92. The number of carbonyl (C=O) groups is 1. The van der Waals surface area contributed by atoms with Gasteiger partial charge in [0.2, 0.25) is 5.91 Å². The first-order valence-corrected chi connectivity index (χ1v) is 5.93. The van der Waals surface area contributed by atoms with E-state index in [1.807, 2.05) is 14.1 Å². The van der Waals surface area contributed by atoms with Crippen LogP contribution < -0.4 is 11.1 Å². The molecule has 1 unspecified atom stereocenters. The van der Waals surface area contributed by atoms with E-state index < -0.39 is 0 Å². The lowest BCUT2D eigenvalue weighted by Gasteiger charge is -2.34. The summed E-state index contributed by atoms with van der Waals surface area (Å²) < 4.78 is 0. The molecule has 0 aromatic carbocycles. The Bertz CT molecular complexity index is 214. The number of hydrogen-bond donors (Lipinski definition) is 2. The van der Waals surface area contributed by atoms with Crippen LogP contribution >= 0.6 is 0 Å². The van der Waals surface area contributed by atoms with E-state index in [1.54, 1.807) is 0 Å². The Labute approximate surface area is 99.6 Å². The van der Waals surface area contributed by atoms with Gasteiger partial charge < -0.3 is 16.0 Å². The van der Waals surface area contributed by atoms with Crippen molar-refractivity contribution in [1.82, 2.24) is 10.2 Å². The van der Waals surface area contributed by atoms with Gasteiger partial charge in [0.15, 0.2) is 0 Å². The van der Waals surface area contributed by atoms with E-state index >= 15 is 0 Å². The van der Waals surface area contributed by atoms with Gasteiger partial charge in [0.05, 0.1) is 0 Å². The summed E-state index contributed by atoms with van der Waals surface area (Å²) >= 11 is 0. The van der Waals surface area contributed by atoms with Crippen molar-refractivity contribution in [1.29, 1.82) is 0 Å². The number of amides is 1. The molecule has 1 atom stereocenters. The summed E-state index contributed by atoms with van der Waals surface area (Å²) in [5.74, 6) is 0.102. The van der Waals surface area contributed by atoms with Gasteiger partial charge in [-0.3, -0.25) is 4.79 Å². The number of nitrogens with zero attached hydrogens (tertiary/aromatic N) is 1. The van der Waals surface area contributed by atoms with Crippen molar-refractivity contribution >= 4 is 5.91 Å². The molecule has 4 heteroatoms. The van der Waals surface area contributed by atoms with Crippen molar-refractivity contribution in [3.63, 3.8) is 0 Å². The molecular formula is C12H27N3O. The van der Waals surface area contributed by atoms with E-state index in [9.17, 15) is 4.79 Å². The highest BCUT2D eigenvalue weighted by Crippen LogP contribution is 2.21. The molecule has 3 N–H and O–H groups in total. The molecule has 0 rings (SSSR count). The molecule has 0 saturated heterocycles. The van der Waals surface area contributed by atoms with E-state index in [0.717, 1.165) is 13.0 Å². The standard InChI is InChI=1S/C12H27N3O/c1-10(12(2,3)9-15(4)5)14-11(16)7-6-8-13/h10H,6-9,13H2,1-5H3,(H,14,16). The van der Waals surface area contributed by atoms with Crippen LogP contribution in [0.1, 0.15) is 33.6 Å². The molecule has 4 nitrogen and oxygen atoms in total. The SMILES string of the molecule is CC(NC(=O)CCCN)C(C)(C)CN(C)C. The van der Waals surface area contributed by atoms with Crippen LogP contribution in [0.5, 0.6) is 0 Å². The zero-order valence-electron chi connectivity index (χ0n) is 11.3. The minimum absolute atomic E-state index is 0.0713. The molecule has 0 radical (unpaired) electrons. The molecule has 0 aliphatic carbocycles. The summed E-state index contributed by atoms with van der Waals surface area (Å²) in [5.41, 5.74) is 5.44. The Kier molecular flexibility index (Phi) is 6.60. The first-order valence-electron chi connectivity index (χ1n) is 5.93. The second-order valence-electron chi connectivity index (χ2n) is 5.41. The Morgan fingerprint density at radius 1 is 1.44 bits per heavy atom. The van der Waals surface area contributed by atoms with Crippen molar-refractivity contribution in [3.05, 3.63) is 0 Å². The quantitative estimate of drug-likeness (QED) is 0.679. The van der Waals surface area contributed by atoms with Crippen LogP contribution in [0.15, 0.2) is 0 Å². The average molecular weight is 229 g/mol. The van der Waals surface area contributed by atoms with Crippen LogP contribution in [-0.2, 0) is 4.79 Å². The van der Waals surface area contributed by atoms with E-state index in [1.165, 1.54) is 0 Å². The first kappa shape index (κ1) is 15.4. The van der Waals surface area contributed by atoms with Crippen molar-refractivity contribution in [2.45, 2.75) is 39.7 Å². The lowest BCUT2D eigenvalue weighted by molar-refractivity contribution is -0.122. The van der Waals surface area contributed by atoms with E-state index in [-0.39, 0.29) is 17.4 Å². The maximum Gasteiger partial charge on any atom is 0.220 e. The third kappa shape index (κ3) is 6.08. The topological polar surface area (TPSA) is 58.4 Å². The zero-order chi connectivity index (χ0) is 12.8. The Morgan fingerprint density at radius 2 is 2.00 bits per heavy atom. The molecule has 0 bridgehead atoms. The van der Waals surface area contributed by atoms with Crippen LogP contribution in [0.3, 0.4) is 0 Å². The second-order valence-corrected chi connectivity index (χ2v) is 5.41. The lowest BCUT2D eigenvalue weighted by atomic mass is 9.85. The van der Waals surface area contributed by atoms with E-state index in [0.29, 0.717) is 13.0 Å². The Hall–Kier alpha value is -0.610. The Balaban J connectivity index is 4.12. The summed E-state index contributed by atoms with van der Waals surface area (Å²) in [6, 6.07) is 0.167. The van der Waals surface area contributed by atoms with Crippen molar-refractivity contribution in [3.8, 4) is 0 Å². The second kappa shape index (κ2) is 6.86. The molecule has 0 aromatic rings. The molecule has 0 heterocycles. The van der Waals surface area contributed by atoms with E-state index in [4.69, 9.17) is 5.73 Å². The monoisotopic (exact) mass is 229 g/mol. The van der Waals surface area contributed by atoms with Crippen LogP contribution in [0.25, 0.3) is 0 Å². The number of rotatable bonds is 7. The molecule has 0 aliphatic rings. The molecule has 0 saturated carbocycles. The van der Waals surface area contributed by atoms with Crippen molar-refractivity contribution in [2.24, 2.45) is 11.1 Å². The summed E-state index contributed by atoms with van der Waals surface area (Å²) in [7, 11) is 4.09. The van der Waals surface area contributed by atoms with Crippen LogP contribution in [-0.4, -0.2) is 44.0 Å². The molecule has 16 heavy (non-hydrogen) atoms. The number of nitrogens with two attached hydrogens (primary N) is 1. The molecule has 0 fully saturated rings. The third-order valence-corrected chi connectivity index (χ3v) is 2.88. The third-order valence-electron chi connectivity index (χ3n) is 2.88. The normalized spacial score (nSPS) is 13.9. The van der Waals surface area contributed by atoms with Gasteiger partial charge in [0.25, 0.3) is 0 Å². The molecule has 96 valence electrons. The minimum atomic E-state index is 0.0713. The van der Waals surface area contributed by atoms with Crippen LogP contribution in [0.4, 0.5) is 0 Å². The fourth-order valence-corrected chi connectivity index (χ4v) is 1.72. The lowest BCUT2D eigenvalue weighted by Crippen LogP contribution is -2.47. The minimum Gasteiger partial charge on any atom is -0.353 e. The summed E-state index contributed by atoms with van der Waals surface area (Å²) in [5, 5.41) is 3.04. The highest BCUT2D eigenvalue weighted by Gasteiger charge is 2.27. The van der Waals surface area contributed by atoms with Crippen LogP contribution in [0, 0.1) is 5.41 Å². The predicted octanol–water partition coefficient (Wildman–Crippen LogP) is 0.818. The zero-order valence-corrected chi connectivity index (χ0v) is 11.3. The van der Waals surface area contributed by atoms with Gasteiger partial charge in [-0.05, 0) is 39.4 Å². The average Bonchev–Trinajstić information content (AvgIpc) is 2.12. The molecule has 0 aliphatic heterocycles. The summed E-state index contributed by atoms with van der Waals surface area (Å²) in [4.78, 5) is 13.7. The first-order chi connectivity index (χ1) is 7.29. The fraction of sp³-hybridized carbons (Fsp3) is 0.917. The highest BCUT2D eigenvalue weighted by molar-refractivity contribution is 5.76. The van der Waals surface area contributed by atoms with Gasteiger partial charge in [0.1, 0.15) is 0 Å². The highest BCUT2D eigenvalue weighted by atomic mass is 16.1. The number of hydrogen-bond acceptors (Lipinski definition) is 3.